The number of halogens is 1. The molecular weight excluding hydrogens is 309 g/mol. The van der Waals surface area contributed by atoms with E-state index in [2.05, 4.69) is 5.32 Å². The first-order valence-corrected chi connectivity index (χ1v) is 7.77. The summed E-state index contributed by atoms with van der Waals surface area (Å²) in [5, 5.41) is 11.9. The molecule has 0 fully saturated rings. The largest absolute Gasteiger partial charge is 0.480 e. The molecule has 1 amide bonds. The molecule has 0 spiro atoms. The van der Waals surface area contributed by atoms with Gasteiger partial charge in [-0.15, -0.1) is 0 Å². The predicted molar refractivity (Wildman–Crippen MR) is 89.1 cm³/mol. The molecule has 0 saturated carbocycles. The summed E-state index contributed by atoms with van der Waals surface area (Å²) in [6.45, 7) is 1.85. The van der Waals surface area contributed by atoms with Crippen molar-refractivity contribution in [3.63, 3.8) is 0 Å². The predicted octanol–water partition coefficient (Wildman–Crippen LogP) is 3.13. The van der Waals surface area contributed by atoms with Crippen molar-refractivity contribution in [1.29, 1.82) is 0 Å². The van der Waals surface area contributed by atoms with Crippen LogP contribution in [0.25, 0.3) is 0 Å². The van der Waals surface area contributed by atoms with E-state index >= 15 is 0 Å². The van der Waals surface area contributed by atoms with Gasteiger partial charge in [0.25, 0.3) is 0 Å². The van der Waals surface area contributed by atoms with Crippen molar-refractivity contribution in [3.05, 3.63) is 71.5 Å². The van der Waals surface area contributed by atoms with Crippen LogP contribution in [0, 0.1) is 5.82 Å². The van der Waals surface area contributed by atoms with Gasteiger partial charge in [-0.1, -0.05) is 49.4 Å². The highest BCUT2D eigenvalue weighted by Gasteiger charge is 2.21. The van der Waals surface area contributed by atoms with E-state index in [1.807, 2.05) is 37.3 Å². The summed E-state index contributed by atoms with van der Waals surface area (Å²) in [5.41, 5.74) is 1.68. The molecule has 0 saturated heterocycles. The number of nitrogens with one attached hydrogen (secondary N) is 1. The van der Waals surface area contributed by atoms with Crippen LogP contribution >= 0.6 is 0 Å². The number of hydrogen-bond acceptors (Lipinski definition) is 2. The molecule has 0 bridgehead atoms. The lowest BCUT2D eigenvalue weighted by Crippen LogP contribution is -2.42. The number of hydrogen-bond donors (Lipinski definition) is 2. The second-order valence-electron chi connectivity index (χ2n) is 5.80. The molecule has 2 rings (SSSR count). The number of carboxylic acids is 1. The van der Waals surface area contributed by atoms with Crippen molar-refractivity contribution in [1.82, 2.24) is 5.32 Å². The third-order valence-corrected chi connectivity index (χ3v) is 3.85. The zero-order valence-corrected chi connectivity index (χ0v) is 13.4. The Labute approximate surface area is 140 Å². The van der Waals surface area contributed by atoms with Crippen LogP contribution in [-0.4, -0.2) is 23.0 Å². The van der Waals surface area contributed by atoms with Crippen LogP contribution in [0.5, 0.6) is 0 Å². The van der Waals surface area contributed by atoms with E-state index in [0.717, 1.165) is 11.1 Å². The Hall–Kier alpha value is -2.69. The topological polar surface area (TPSA) is 66.4 Å². The lowest BCUT2D eigenvalue weighted by Gasteiger charge is -2.17. The molecule has 4 nitrogen and oxygen atoms in total. The van der Waals surface area contributed by atoms with Gasteiger partial charge in [-0.25, -0.2) is 9.18 Å². The molecule has 24 heavy (non-hydrogen) atoms. The third kappa shape index (κ3) is 5.19. The van der Waals surface area contributed by atoms with E-state index in [1.54, 1.807) is 12.1 Å². The molecule has 2 N–H and O–H groups in total. The highest BCUT2D eigenvalue weighted by Crippen LogP contribution is 2.19. The second kappa shape index (κ2) is 8.24. The van der Waals surface area contributed by atoms with E-state index in [-0.39, 0.29) is 30.5 Å². The number of amides is 1. The Kier molecular flexibility index (Phi) is 6.07. The van der Waals surface area contributed by atoms with Gasteiger partial charge < -0.3 is 10.4 Å². The third-order valence-electron chi connectivity index (χ3n) is 3.85. The summed E-state index contributed by atoms with van der Waals surface area (Å²) < 4.78 is 12.9. The summed E-state index contributed by atoms with van der Waals surface area (Å²) in [6.07, 6.45) is 0.372. The fourth-order valence-corrected chi connectivity index (χ4v) is 2.49. The van der Waals surface area contributed by atoms with Crippen LogP contribution < -0.4 is 5.32 Å². The van der Waals surface area contributed by atoms with Gasteiger partial charge in [-0.2, -0.15) is 0 Å². The smallest absolute Gasteiger partial charge is 0.326 e. The van der Waals surface area contributed by atoms with E-state index in [0.29, 0.717) is 0 Å². The number of carboxylic acid groups (broad SMARTS) is 1. The van der Waals surface area contributed by atoms with Crippen molar-refractivity contribution in [2.75, 3.05) is 0 Å². The van der Waals surface area contributed by atoms with Gasteiger partial charge >= 0.3 is 5.97 Å². The number of benzene rings is 2. The molecule has 2 aromatic rings. The molecule has 0 aliphatic carbocycles. The molecule has 0 aliphatic heterocycles. The molecule has 0 aromatic heterocycles. The average molecular weight is 329 g/mol. The summed E-state index contributed by atoms with van der Waals surface area (Å²) in [6, 6.07) is 14.1. The first-order chi connectivity index (χ1) is 11.5. The van der Waals surface area contributed by atoms with Crippen molar-refractivity contribution in [3.8, 4) is 0 Å². The van der Waals surface area contributed by atoms with E-state index in [9.17, 15) is 19.1 Å². The number of aliphatic carboxylic acids is 1. The maximum Gasteiger partial charge on any atom is 0.326 e. The van der Waals surface area contributed by atoms with Crippen molar-refractivity contribution >= 4 is 11.9 Å². The van der Waals surface area contributed by atoms with Gasteiger partial charge in [0, 0.05) is 12.8 Å². The standard InChI is InChI=1S/C19H20FNO3/c1-13(15-7-9-16(20)10-8-15)11-18(22)21-17(19(23)24)12-14-5-3-2-4-6-14/h2-10,13,17H,11-12H2,1H3,(H,21,22)(H,23,24). The fraction of sp³-hybridized carbons (Fsp3) is 0.263. The Morgan fingerprint density at radius 2 is 1.71 bits per heavy atom. The van der Waals surface area contributed by atoms with Crippen LogP contribution in [0.3, 0.4) is 0 Å². The molecule has 0 radical (unpaired) electrons. The fourth-order valence-electron chi connectivity index (χ4n) is 2.49. The van der Waals surface area contributed by atoms with E-state index in [4.69, 9.17) is 0 Å². The molecular formula is C19H20FNO3. The lowest BCUT2D eigenvalue weighted by molar-refractivity contribution is -0.141. The monoisotopic (exact) mass is 329 g/mol. The van der Waals surface area contributed by atoms with E-state index < -0.39 is 12.0 Å². The lowest BCUT2D eigenvalue weighted by atomic mass is 9.97. The maximum absolute atomic E-state index is 12.9. The van der Waals surface area contributed by atoms with Gasteiger partial charge in [0.1, 0.15) is 11.9 Å². The Balaban J connectivity index is 1.95. The summed E-state index contributed by atoms with van der Waals surface area (Å²) in [7, 11) is 0. The SMILES string of the molecule is CC(CC(=O)NC(Cc1ccccc1)C(=O)O)c1ccc(F)cc1. The van der Waals surface area contributed by atoms with Gasteiger partial charge in [0.2, 0.25) is 5.91 Å². The minimum atomic E-state index is -1.07. The number of rotatable bonds is 7. The van der Waals surface area contributed by atoms with Gasteiger partial charge in [0.05, 0.1) is 0 Å². The number of carbonyl (C=O) groups excluding carboxylic acids is 1. The summed E-state index contributed by atoms with van der Waals surface area (Å²) in [4.78, 5) is 23.5. The minimum absolute atomic E-state index is 0.128. The zero-order chi connectivity index (χ0) is 17.5. The van der Waals surface area contributed by atoms with Crippen LogP contribution in [0.15, 0.2) is 54.6 Å². The molecule has 2 atom stereocenters. The van der Waals surface area contributed by atoms with Crippen LogP contribution in [0.1, 0.15) is 30.4 Å². The average Bonchev–Trinajstić information content (AvgIpc) is 2.55. The molecule has 2 unspecified atom stereocenters. The quantitative estimate of drug-likeness (QED) is 0.820. The first kappa shape index (κ1) is 17.7. The Bertz CT molecular complexity index is 686. The number of carbonyl (C=O) groups is 2. The molecule has 5 heteroatoms. The highest BCUT2D eigenvalue weighted by atomic mass is 19.1. The Morgan fingerprint density at radius 1 is 1.08 bits per heavy atom. The maximum atomic E-state index is 12.9. The Morgan fingerprint density at radius 3 is 2.29 bits per heavy atom. The van der Waals surface area contributed by atoms with Gasteiger partial charge in [0.15, 0.2) is 0 Å². The minimum Gasteiger partial charge on any atom is -0.480 e. The van der Waals surface area contributed by atoms with Crippen LogP contribution in [0.2, 0.25) is 0 Å². The van der Waals surface area contributed by atoms with Crippen molar-refractivity contribution in [2.24, 2.45) is 0 Å². The van der Waals surface area contributed by atoms with Crippen molar-refractivity contribution in [2.45, 2.75) is 31.7 Å². The summed E-state index contributed by atoms with van der Waals surface area (Å²) >= 11 is 0. The zero-order valence-electron chi connectivity index (χ0n) is 13.4. The van der Waals surface area contributed by atoms with Gasteiger partial charge in [-0.3, -0.25) is 4.79 Å². The second-order valence-corrected chi connectivity index (χ2v) is 5.80. The van der Waals surface area contributed by atoms with Crippen molar-refractivity contribution < 1.29 is 19.1 Å². The first-order valence-electron chi connectivity index (χ1n) is 7.77. The summed E-state index contributed by atoms with van der Waals surface area (Å²) in [5.74, 6) is -1.86. The molecule has 0 heterocycles. The molecule has 126 valence electrons. The highest BCUT2D eigenvalue weighted by molar-refractivity contribution is 5.84. The van der Waals surface area contributed by atoms with Crippen LogP contribution in [0.4, 0.5) is 4.39 Å². The molecule has 0 aliphatic rings. The van der Waals surface area contributed by atoms with E-state index in [1.165, 1.54) is 12.1 Å². The van der Waals surface area contributed by atoms with Gasteiger partial charge in [-0.05, 0) is 29.2 Å². The normalized spacial score (nSPS) is 13.1. The van der Waals surface area contributed by atoms with Crippen LogP contribution in [-0.2, 0) is 16.0 Å². The molecule has 2 aromatic carbocycles.